The maximum Gasteiger partial charge on any atom is 0.335 e. The second kappa shape index (κ2) is 9.47. The van der Waals surface area contributed by atoms with Crippen molar-refractivity contribution in [1.82, 2.24) is 0 Å². The fourth-order valence-corrected chi connectivity index (χ4v) is 5.61. The Balaban J connectivity index is 1.77. The molecular weight excluding hydrogens is 342 g/mol. The molecule has 0 N–H and O–H groups in total. The molecule has 1 fully saturated rings. The molecule has 0 aromatic rings. The minimum atomic E-state index is -0.305. The Morgan fingerprint density at radius 1 is 1.38 bits per heavy atom. The van der Waals surface area contributed by atoms with E-state index in [1.165, 1.54) is 18.6 Å². The van der Waals surface area contributed by atoms with Crippen molar-refractivity contribution in [3.8, 4) is 0 Å². The largest absolute Gasteiger partial charge is 0.335 e. The molecule has 0 amide bonds. The number of carbonyl (C=O) groups is 2. The van der Waals surface area contributed by atoms with E-state index in [0.717, 1.165) is 23.7 Å². The quantitative estimate of drug-likeness (QED) is 0.214. The van der Waals surface area contributed by atoms with Crippen LogP contribution in [0.4, 0.5) is 0 Å². The molecule has 1 saturated heterocycles. The van der Waals surface area contributed by atoms with Crippen LogP contribution in [-0.4, -0.2) is 28.5 Å². The van der Waals surface area contributed by atoms with Crippen molar-refractivity contribution in [2.45, 2.75) is 58.1 Å². The molecule has 1 aliphatic heterocycles. The normalized spacial score (nSPS) is 22.8. The maximum atomic E-state index is 11.9. The van der Waals surface area contributed by atoms with E-state index in [4.69, 9.17) is 4.84 Å². The van der Waals surface area contributed by atoms with Crippen molar-refractivity contribution in [2.75, 3.05) is 5.75 Å². The number of hydrogen-bond donors (Lipinski definition) is 0. The van der Waals surface area contributed by atoms with Gasteiger partial charge in [-0.1, -0.05) is 47.0 Å². The van der Waals surface area contributed by atoms with E-state index in [2.05, 4.69) is 5.16 Å². The molecule has 24 heavy (non-hydrogen) atoms. The van der Waals surface area contributed by atoms with Crippen molar-refractivity contribution in [1.29, 1.82) is 0 Å². The molecular formula is C18H25NO3S2. The molecule has 1 aliphatic carbocycles. The molecule has 0 spiro atoms. The van der Waals surface area contributed by atoms with Crippen LogP contribution in [0.25, 0.3) is 0 Å². The van der Waals surface area contributed by atoms with Crippen molar-refractivity contribution < 1.29 is 14.4 Å². The number of hydrogen-bond acceptors (Lipinski definition) is 6. The highest BCUT2D eigenvalue weighted by molar-refractivity contribution is 8.77. The third-order valence-electron chi connectivity index (χ3n) is 4.08. The second-order valence-corrected chi connectivity index (χ2v) is 9.25. The van der Waals surface area contributed by atoms with Gasteiger partial charge in [-0.05, 0) is 49.8 Å². The smallest absolute Gasteiger partial charge is 0.318 e. The lowest BCUT2D eigenvalue weighted by Crippen LogP contribution is -2.16. The summed E-state index contributed by atoms with van der Waals surface area (Å²) in [6, 6.07) is 0. The van der Waals surface area contributed by atoms with Crippen LogP contribution in [0.5, 0.6) is 0 Å². The minimum absolute atomic E-state index is 0.00993. The monoisotopic (exact) mass is 367 g/mol. The van der Waals surface area contributed by atoms with Gasteiger partial charge in [0.15, 0.2) is 5.78 Å². The number of rotatable bonds is 7. The van der Waals surface area contributed by atoms with Gasteiger partial charge in [-0.2, -0.15) is 0 Å². The van der Waals surface area contributed by atoms with Gasteiger partial charge in [0.2, 0.25) is 0 Å². The van der Waals surface area contributed by atoms with Crippen molar-refractivity contribution in [3.63, 3.8) is 0 Å². The lowest BCUT2D eigenvalue weighted by atomic mass is 9.90. The van der Waals surface area contributed by atoms with Crippen LogP contribution in [0, 0.1) is 5.92 Å². The summed E-state index contributed by atoms with van der Waals surface area (Å²) >= 11 is 0. The van der Waals surface area contributed by atoms with Crippen LogP contribution in [0.1, 0.15) is 52.9 Å². The van der Waals surface area contributed by atoms with Gasteiger partial charge in [-0.15, -0.1) is 0 Å². The molecule has 6 heteroatoms. The third-order valence-corrected chi connectivity index (χ3v) is 7.09. The van der Waals surface area contributed by atoms with Gasteiger partial charge in [0.25, 0.3) is 0 Å². The summed E-state index contributed by atoms with van der Waals surface area (Å²) < 4.78 is 0. The van der Waals surface area contributed by atoms with Crippen molar-refractivity contribution >= 4 is 39.1 Å². The lowest BCUT2D eigenvalue weighted by Gasteiger charge is -2.14. The zero-order valence-corrected chi connectivity index (χ0v) is 16.2. The first kappa shape index (κ1) is 19.3. The van der Waals surface area contributed by atoms with Crippen LogP contribution in [0.2, 0.25) is 0 Å². The number of allylic oxidation sites excluding steroid dienone is 4. The summed E-state index contributed by atoms with van der Waals surface area (Å²) in [5.74, 6) is 1.07. The Hall–Kier alpha value is -1.01. The van der Waals surface area contributed by atoms with E-state index in [-0.39, 0.29) is 17.7 Å². The highest BCUT2D eigenvalue weighted by Crippen LogP contribution is 2.39. The third kappa shape index (κ3) is 5.81. The molecule has 4 nitrogen and oxygen atoms in total. The van der Waals surface area contributed by atoms with E-state index >= 15 is 0 Å². The first-order valence-corrected chi connectivity index (χ1v) is 10.9. The molecule has 0 aromatic carbocycles. The Morgan fingerprint density at radius 2 is 2.17 bits per heavy atom. The minimum Gasteiger partial charge on any atom is -0.318 e. The summed E-state index contributed by atoms with van der Waals surface area (Å²) in [6.45, 7) is 5.72. The first-order valence-electron chi connectivity index (χ1n) is 8.48. The molecule has 132 valence electrons. The van der Waals surface area contributed by atoms with Gasteiger partial charge in [0, 0.05) is 23.0 Å². The van der Waals surface area contributed by atoms with Gasteiger partial charge in [0.05, 0.1) is 0 Å². The summed E-state index contributed by atoms with van der Waals surface area (Å²) in [4.78, 5) is 28.8. The molecule has 0 radical (unpaired) electrons. The van der Waals surface area contributed by atoms with Gasteiger partial charge in [-0.25, -0.2) is 4.79 Å². The number of ketones is 1. The van der Waals surface area contributed by atoms with Gasteiger partial charge in [-0.3, -0.25) is 4.79 Å². The number of unbranched alkanes of at least 4 members (excludes halogenated alkanes) is 1. The van der Waals surface area contributed by atoms with E-state index < -0.39 is 0 Å². The molecule has 0 aromatic heterocycles. The molecule has 2 aliphatic rings. The van der Waals surface area contributed by atoms with Crippen LogP contribution >= 0.6 is 21.6 Å². The van der Waals surface area contributed by atoms with Crippen LogP contribution in [0.3, 0.4) is 0 Å². The predicted molar refractivity (Wildman–Crippen MR) is 102 cm³/mol. The summed E-state index contributed by atoms with van der Waals surface area (Å²) in [5, 5.41) is 4.70. The number of carbonyl (C=O) groups excluding carboxylic acids is 2. The standard InChI is InChI=1S/C18H25NO3S2/c1-12(2)15-11-16(13(3)10-17(15)20)19-22-18(21)7-5-4-6-14-8-9-23-24-14/h10-12,14H,4-9H2,1-3H3/b19-16-. The van der Waals surface area contributed by atoms with Crippen LogP contribution < -0.4 is 0 Å². The van der Waals surface area contributed by atoms with E-state index in [1.807, 2.05) is 35.4 Å². The average molecular weight is 368 g/mol. The molecule has 1 heterocycles. The molecule has 2 rings (SSSR count). The second-order valence-electron chi connectivity index (χ2n) is 6.46. The Kier molecular flexibility index (Phi) is 7.62. The Morgan fingerprint density at radius 3 is 2.83 bits per heavy atom. The van der Waals surface area contributed by atoms with Crippen LogP contribution in [-0.2, 0) is 14.4 Å². The molecule has 1 atom stereocenters. The fourth-order valence-electron chi connectivity index (χ4n) is 2.59. The highest BCUT2D eigenvalue weighted by Gasteiger charge is 2.19. The van der Waals surface area contributed by atoms with Gasteiger partial charge >= 0.3 is 5.97 Å². The maximum absolute atomic E-state index is 11.9. The van der Waals surface area contributed by atoms with Gasteiger partial charge < -0.3 is 4.84 Å². The Bertz CT molecular complexity index is 573. The lowest BCUT2D eigenvalue weighted by molar-refractivity contribution is -0.143. The predicted octanol–water partition coefficient (Wildman–Crippen LogP) is 4.71. The Labute approximate surface area is 151 Å². The zero-order valence-electron chi connectivity index (χ0n) is 14.5. The number of oxime groups is 1. The van der Waals surface area contributed by atoms with Crippen LogP contribution in [0.15, 0.2) is 28.5 Å². The van der Waals surface area contributed by atoms with Crippen molar-refractivity contribution in [2.24, 2.45) is 11.1 Å². The zero-order chi connectivity index (χ0) is 17.5. The van der Waals surface area contributed by atoms with Gasteiger partial charge in [0.1, 0.15) is 5.71 Å². The molecule has 1 unspecified atom stereocenters. The summed E-state index contributed by atoms with van der Waals surface area (Å²) in [7, 11) is 3.92. The summed E-state index contributed by atoms with van der Waals surface area (Å²) in [5.41, 5.74) is 1.99. The molecule has 0 saturated carbocycles. The highest BCUT2D eigenvalue weighted by atomic mass is 33.1. The molecule has 0 bridgehead atoms. The average Bonchev–Trinajstić information content (AvgIpc) is 3.03. The summed E-state index contributed by atoms with van der Waals surface area (Å²) in [6.07, 6.45) is 8.01. The van der Waals surface area contributed by atoms with E-state index in [9.17, 15) is 9.59 Å². The number of nitrogens with zero attached hydrogens (tertiary/aromatic N) is 1. The fraction of sp³-hybridized carbons (Fsp3) is 0.611. The SMILES string of the molecule is CC1=CC(=O)C(C(C)C)=C/C1=N/OC(=O)CCCCC1CCSS1. The first-order chi connectivity index (χ1) is 11.5. The van der Waals surface area contributed by atoms with Crippen molar-refractivity contribution in [3.05, 3.63) is 23.3 Å². The van der Waals surface area contributed by atoms with E-state index in [0.29, 0.717) is 17.7 Å². The topological polar surface area (TPSA) is 55.7 Å². The van der Waals surface area contributed by atoms with E-state index in [1.54, 1.807) is 19.1 Å².